The third kappa shape index (κ3) is 4.51. The fraction of sp³-hybridized carbons (Fsp3) is 0.542. The number of nitrogens with one attached hydrogen (secondary N) is 1. The van der Waals surface area contributed by atoms with Gasteiger partial charge in [0.05, 0.1) is 6.20 Å². The van der Waals surface area contributed by atoms with Gasteiger partial charge in [0.25, 0.3) is 5.56 Å². The van der Waals surface area contributed by atoms with Gasteiger partial charge in [-0.3, -0.25) is 9.59 Å². The summed E-state index contributed by atoms with van der Waals surface area (Å²) in [6, 6.07) is 8.01. The first-order valence-electron chi connectivity index (χ1n) is 11.4. The van der Waals surface area contributed by atoms with Crippen LogP contribution in [0.1, 0.15) is 33.6 Å². The Bertz CT molecular complexity index is 1120. The summed E-state index contributed by atoms with van der Waals surface area (Å²) in [6.07, 6.45) is 3.91. The van der Waals surface area contributed by atoms with E-state index in [1.165, 1.54) is 11.1 Å². The van der Waals surface area contributed by atoms with Gasteiger partial charge in [-0.25, -0.2) is 4.68 Å². The Morgan fingerprint density at radius 2 is 1.87 bits per heavy atom. The van der Waals surface area contributed by atoms with Gasteiger partial charge in [0, 0.05) is 49.0 Å². The van der Waals surface area contributed by atoms with Crippen LogP contribution in [0, 0.1) is 11.8 Å². The molecule has 1 aromatic carbocycles. The zero-order valence-corrected chi connectivity index (χ0v) is 18.8. The number of nitrogens with zero attached hydrogens (tertiary/aromatic N) is 4. The van der Waals surface area contributed by atoms with Crippen molar-refractivity contribution < 1.29 is 4.79 Å². The molecule has 1 N–H and O–H groups in total. The lowest BCUT2D eigenvalue weighted by Crippen LogP contribution is -2.43. The summed E-state index contributed by atoms with van der Waals surface area (Å²) in [5, 5.41) is 9.14. The first kappa shape index (κ1) is 21.6. The van der Waals surface area contributed by atoms with Gasteiger partial charge in [-0.15, -0.1) is 0 Å². The predicted octanol–water partition coefficient (Wildman–Crippen LogP) is 2.86. The molecule has 1 aliphatic rings. The average molecular weight is 424 g/mol. The molecule has 0 radical (unpaired) electrons. The molecule has 3 aromatic rings. The van der Waals surface area contributed by atoms with Crippen LogP contribution in [0.3, 0.4) is 0 Å². The number of fused-ring (bicyclic) bond motifs is 3. The van der Waals surface area contributed by atoms with E-state index < -0.39 is 0 Å². The highest BCUT2D eigenvalue weighted by Crippen LogP contribution is 2.26. The topological polar surface area (TPSA) is 72.2 Å². The maximum absolute atomic E-state index is 13.2. The molecule has 0 spiro atoms. The van der Waals surface area contributed by atoms with E-state index in [9.17, 15) is 9.59 Å². The number of hydrogen-bond donors (Lipinski definition) is 1. The molecule has 2 aromatic heterocycles. The molecule has 1 amide bonds. The number of piperidine rings is 1. The second kappa shape index (κ2) is 9.22. The zero-order valence-electron chi connectivity index (χ0n) is 18.8. The second-order valence-corrected chi connectivity index (χ2v) is 9.09. The van der Waals surface area contributed by atoms with Crippen molar-refractivity contribution >= 4 is 27.7 Å². The number of benzene rings is 1. The van der Waals surface area contributed by atoms with Crippen molar-refractivity contribution in [2.45, 2.75) is 46.7 Å². The Hall–Kier alpha value is -2.67. The summed E-state index contributed by atoms with van der Waals surface area (Å²) in [4.78, 5) is 28.1. The van der Waals surface area contributed by atoms with Gasteiger partial charge in [-0.2, -0.15) is 5.10 Å². The van der Waals surface area contributed by atoms with Crippen molar-refractivity contribution in [3.05, 3.63) is 40.8 Å². The standard InChI is InChI=1S/C24H33N5O2/c1-4-10-28-21-8-6-5-7-19(21)20-13-26-29(24(31)23(20)28)16-22(30)25-9-11-27-14-17(2)12-18(3)15-27/h5-8,13,17-18H,4,9-12,14-16H2,1-3H3,(H,25,30). The number of para-hydroxylation sites is 1. The summed E-state index contributed by atoms with van der Waals surface area (Å²) < 4.78 is 3.34. The largest absolute Gasteiger partial charge is 0.353 e. The molecule has 0 aliphatic carbocycles. The van der Waals surface area contributed by atoms with Crippen molar-refractivity contribution in [1.29, 1.82) is 0 Å². The smallest absolute Gasteiger partial charge is 0.291 e. The minimum atomic E-state index is -0.212. The number of aromatic nitrogens is 3. The fourth-order valence-corrected chi connectivity index (χ4v) is 5.08. The van der Waals surface area contributed by atoms with E-state index in [2.05, 4.69) is 40.7 Å². The number of rotatable bonds is 7. The molecule has 0 saturated carbocycles. The monoisotopic (exact) mass is 423 g/mol. The Balaban J connectivity index is 1.48. The molecular weight excluding hydrogens is 390 g/mol. The molecular formula is C24H33N5O2. The highest BCUT2D eigenvalue weighted by atomic mass is 16.2. The normalized spacial score (nSPS) is 19.8. The second-order valence-electron chi connectivity index (χ2n) is 9.09. The number of hydrogen-bond acceptors (Lipinski definition) is 4. The summed E-state index contributed by atoms with van der Waals surface area (Å²) in [7, 11) is 0. The lowest BCUT2D eigenvalue weighted by molar-refractivity contribution is -0.122. The number of carbonyl (C=O) groups excluding carboxylic acids is 1. The highest BCUT2D eigenvalue weighted by Gasteiger charge is 2.21. The van der Waals surface area contributed by atoms with Gasteiger partial charge in [0.1, 0.15) is 12.1 Å². The molecule has 31 heavy (non-hydrogen) atoms. The van der Waals surface area contributed by atoms with Crippen molar-refractivity contribution in [3.63, 3.8) is 0 Å². The summed E-state index contributed by atoms with van der Waals surface area (Å²) in [5.74, 6) is 1.22. The number of amides is 1. The predicted molar refractivity (Wildman–Crippen MR) is 124 cm³/mol. The van der Waals surface area contributed by atoms with Crippen LogP contribution >= 0.6 is 0 Å². The van der Waals surface area contributed by atoms with Crippen LogP contribution in [0.4, 0.5) is 0 Å². The average Bonchev–Trinajstić information content (AvgIpc) is 3.04. The molecule has 1 fully saturated rings. The summed E-state index contributed by atoms with van der Waals surface area (Å²) in [6.45, 7) is 11.0. The van der Waals surface area contributed by atoms with Crippen molar-refractivity contribution in [2.75, 3.05) is 26.2 Å². The molecule has 7 heteroatoms. The lowest BCUT2D eigenvalue weighted by Gasteiger charge is -2.34. The minimum Gasteiger partial charge on any atom is -0.353 e. The Labute approximate surface area is 183 Å². The van der Waals surface area contributed by atoms with Crippen LogP contribution in [-0.2, 0) is 17.9 Å². The van der Waals surface area contributed by atoms with E-state index >= 15 is 0 Å². The Morgan fingerprint density at radius 1 is 1.13 bits per heavy atom. The first-order valence-corrected chi connectivity index (χ1v) is 11.4. The van der Waals surface area contributed by atoms with Gasteiger partial charge < -0.3 is 14.8 Å². The van der Waals surface area contributed by atoms with E-state index in [0.29, 0.717) is 23.9 Å². The van der Waals surface area contributed by atoms with Gasteiger partial charge in [-0.1, -0.05) is 39.0 Å². The molecule has 2 unspecified atom stereocenters. The van der Waals surface area contributed by atoms with Crippen LogP contribution in [0.5, 0.6) is 0 Å². The van der Waals surface area contributed by atoms with E-state index in [1.807, 2.05) is 24.3 Å². The third-order valence-corrected chi connectivity index (χ3v) is 6.21. The molecule has 0 bridgehead atoms. The molecule has 7 nitrogen and oxygen atoms in total. The summed E-state index contributed by atoms with van der Waals surface area (Å²) in [5.41, 5.74) is 1.45. The van der Waals surface area contributed by atoms with Crippen LogP contribution in [0.25, 0.3) is 21.8 Å². The molecule has 2 atom stereocenters. The molecule has 3 heterocycles. The van der Waals surface area contributed by atoms with Crippen LogP contribution < -0.4 is 10.9 Å². The fourth-order valence-electron chi connectivity index (χ4n) is 5.08. The minimum absolute atomic E-state index is 0.0603. The Morgan fingerprint density at radius 3 is 2.61 bits per heavy atom. The van der Waals surface area contributed by atoms with E-state index in [-0.39, 0.29) is 18.0 Å². The van der Waals surface area contributed by atoms with Crippen molar-refractivity contribution in [2.24, 2.45) is 11.8 Å². The van der Waals surface area contributed by atoms with E-state index in [1.54, 1.807) is 6.20 Å². The van der Waals surface area contributed by atoms with Crippen LogP contribution in [0.15, 0.2) is 35.3 Å². The SMILES string of the molecule is CCCn1c2ccccc2c2cnn(CC(=O)NCCN3CC(C)CC(C)C3)c(=O)c21. The lowest BCUT2D eigenvalue weighted by atomic mass is 9.92. The molecule has 1 aliphatic heterocycles. The summed E-state index contributed by atoms with van der Waals surface area (Å²) >= 11 is 0. The molecule has 1 saturated heterocycles. The maximum Gasteiger partial charge on any atom is 0.291 e. The van der Waals surface area contributed by atoms with E-state index in [4.69, 9.17) is 0 Å². The van der Waals surface area contributed by atoms with Gasteiger partial charge in [-0.05, 0) is 30.7 Å². The van der Waals surface area contributed by atoms with Gasteiger partial charge >= 0.3 is 0 Å². The van der Waals surface area contributed by atoms with Crippen LogP contribution in [-0.4, -0.2) is 51.3 Å². The number of carbonyl (C=O) groups is 1. The Kier molecular flexibility index (Phi) is 6.41. The molecule has 4 rings (SSSR count). The van der Waals surface area contributed by atoms with Crippen molar-refractivity contribution in [1.82, 2.24) is 24.6 Å². The van der Waals surface area contributed by atoms with E-state index in [0.717, 1.165) is 48.9 Å². The molecule has 166 valence electrons. The van der Waals surface area contributed by atoms with Gasteiger partial charge in [0.2, 0.25) is 5.91 Å². The zero-order chi connectivity index (χ0) is 22.0. The number of aryl methyl sites for hydroxylation is 1. The number of likely N-dealkylation sites (tertiary alicyclic amines) is 1. The quantitative estimate of drug-likeness (QED) is 0.634. The third-order valence-electron chi connectivity index (χ3n) is 6.21. The van der Waals surface area contributed by atoms with Crippen molar-refractivity contribution in [3.8, 4) is 0 Å². The first-order chi connectivity index (χ1) is 15.0. The maximum atomic E-state index is 13.2. The van der Waals surface area contributed by atoms with Gasteiger partial charge in [0.15, 0.2) is 0 Å². The highest BCUT2D eigenvalue weighted by molar-refractivity contribution is 6.07. The van der Waals surface area contributed by atoms with Crippen LogP contribution in [0.2, 0.25) is 0 Å².